The van der Waals surface area contributed by atoms with E-state index in [1.165, 1.54) is 6.33 Å². The molecule has 1 aromatic carbocycles. The van der Waals surface area contributed by atoms with Crippen molar-refractivity contribution in [2.45, 2.75) is 13.3 Å². The first kappa shape index (κ1) is 15.2. The molecule has 1 heterocycles. The Morgan fingerprint density at radius 1 is 1.29 bits per heavy atom. The van der Waals surface area contributed by atoms with Crippen LogP contribution in [-0.4, -0.2) is 23.6 Å². The molecule has 0 unspecified atom stereocenters. The van der Waals surface area contributed by atoms with Gasteiger partial charge in [-0.3, -0.25) is 0 Å². The SMILES string of the molecule is CCCNc1ncnc(Nc2cc(Cl)ccc2OC)c1N. The molecule has 0 bridgehead atoms. The molecule has 0 atom stereocenters. The van der Waals surface area contributed by atoms with Crippen molar-refractivity contribution in [3.05, 3.63) is 29.5 Å². The molecule has 112 valence electrons. The van der Waals surface area contributed by atoms with Crippen LogP contribution in [0.15, 0.2) is 24.5 Å². The molecule has 0 aliphatic rings. The Morgan fingerprint density at radius 3 is 2.76 bits per heavy atom. The standard InChI is InChI=1S/C14H18ClN5O/c1-3-6-17-13-12(16)14(19-8-18-13)20-10-7-9(15)4-5-11(10)21-2/h4-5,7-8H,3,6,16H2,1-2H3,(H2,17,18,19,20). The monoisotopic (exact) mass is 307 g/mol. The Hall–Kier alpha value is -2.21. The number of methoxy groups -OCH3 is 1. The van der Waals surface area contributed by atoms with Gasteiger partial charge in [-0.15, -0.1) is 0 Å². The molecule has 0 aliphatic carbocycles. The molecule has 7 heteroatoms. The van der Waals surface area contributed by atoms with E-state index in [1.54, 1.807) is 25.3 Å². The highest BCUT2D eigenvalue weighted by molar-refractivity contribution is 6.31. The van der Waals surface area contributed by atoms with Crippen molar-refractivity contribution in [1.29, 1.82) is 0 Å². The smallest absolute Gasteiger partial charge is 0.159 e. The minimum atomic E-state index is 0.452. The van der Waals surface area contributed by atoms with Gasteiger partial charge in [-0.1, -0.05) is 18.5 Å². The van der Waals surface area contributed by atoms with E-state index < -0.39 is 0 Å². The van der Waals surface area contributed by atoms with Crippen LogP contribution in [0.1, 0.15) is 13.3 Å². The lowest BCUT2D eigenvalue weighted by Gasteiger charge is -2.14. The predicted molar refractivity (Wildman–Crippen MR) is 86.5 cm³/mol. The first-order valence-corrected chi connectivity index (χ1v) is 6.98. The number of hydrogen-bond acceptors (Lipinski definition) is 6. The lowest BCUT2D eigenvalue weighted by Crippen LogP contribution is -2.08. The summed E-state index contributed by atoms with van der Waals surface area (Å²) in [7, 11) is 1.59. The molecule has 0 amide bonds. The van der Waals surface area contributed by atoms with E-state index in [9.17, 15) is 0 Å². The van der Waals surface area contributed by atoms with Gasteiger partial charge in [0.1, 0.15) is 17.8 Å². The number of anilines is 4. The third kappa shape index (κ3) is 3.66. The van der Waals surface area contributed by atoms with Gasteiger partial charge >= 0.3 is 0 Å². The van der Waals surface area contributed by atoms with Crippen molar-refractivity contribution in [2.75, 3.05) is 30.0 Å². The van der Waals surface area contributed by atoms with Crippen molar-refractivity contribution in [3.8, 4) is 5.75 Å². The number of halogens is 1. The van der Waals surface area contributed by atoms with Gasteiger partial charge in [-0.2, -0.15) is 0 Å². The fraction of sp³-hybridized carbons (Fsp3) is 0.286. The van der Waals surface area contributed by atoms with E-state index in [0.29, 0.717) is 33.8 Å². The molecular weight excluding hydrogens is 290 g/mol. The summed E-state index contributed by atoms with van der Waals surface area (Å²) in [6.45, 7) is 2.86. The second-order valence-corrected chi connectivity index (χ2v) is 4.82. The lowest BCUT2D eigenvalue weighted by atomic mass is 10.3. The highest BCUT2D eigenvalue weighted by atomic mass is 35.5. The van der Waals surface area contributed by atoms with E-state index in [0.717, 1.165) is 13.0 Å². The largest absolute Gasteiger partial charge is 0.495 e. The zero-order chi connectivity index (χ0) is 15.2. The molecule has 21 heavy (non-hydrogen) atoms. The van der Waals surface area contributed by atoms with E-state index >= 15 is 0 Å². The van der Waals surface area contributed by atoms with Gasteiger partial charge in [-0.05, 0) is 24.6 Å². The van der Waals surface area contributed by atoms with E-state index in [4.69, 9.17) is 22.1 Å². The van der Waals surface area contributed by atoms with Gasteiger partial charge in [-0.25, -0.2) is 9.97 Å². The average Bonchev–Trinajstić information content (AvgIpc) is 2.48. The van der Waals surface area contributed by atoms with Crippen LogP contribution in [0.5, 0.6) is 5.75 Å². The summed E-state index contributed by atoms with van der Waals surface area (Å²) in [6, 6.07) is 5.28. The predicted octanol–water partition coefficient (Wildman–Crippen LogP) is 3.29. The molecule has 0 aliphatic heterocycles. The molecule has 2 aromatic rings. The molecule has 2 rings (SSSR count). The topological polar surface area (TPSA) is 85.1 Å². The van der Waals surface area contributed by atoms with Crippen molar-refractivity contribution in [3.63, 3.8) is 0 Å². The van der Waals surface area contributed by atoms with Crippen LogP contribution < -0.4 is 21.1 Å². The van der Waals surface area contributed by atoms with Crippen LogP contribution in [0.4, 0.5) is 23.0 Å². The van der Waals surface area contributed by atoms with Crippen molar-refractivity contribution in [1.82, 2.24) is 9.97 Å². The average molecular weight is 308 g/mol. The Balaban J connectivity index is 2.29. The van der Waals surface area contributed by atoms with Crippen LogP contribution in [0.25, 0.3) is 0 Å². The maximum atomic E-state index is 6.08. The van der Waals surface area contributed by atoms with Gasteiger partial charge in [0, 0.05) is 11.6 Å². The van der Waals surface area contributed by atoms with Crippen LogP contribution >= 0.6 is 11.6 Å². The van der Waals surface area contributed by atoms with E-state index in [2.05, 4.69) is 27.5 Å². The summed E-state index contributed by atoms with van der Waals surface area (Å²) in [6.07, 6.45) is 2.43. The van der Waals surface area contributed by atoms with Crippen molar-refractivity contribution >= 4 is 34.6 Å². The Morgan fingerprint density at radius 2 is 2.05 bits per heavy atom. The normalized spacial score (nSPS) is 10.2. The van der Waals surface area contributed by atoms with Crippen LogP contribution in [0.2, 0.25) is 5.02 Å². The Bertz CT molecular complexity index is 620. The summed E-state index contributed by atoms with van der Waals surface area (Å²) in [5.74, 6) is 1.76. The van der Waals surface area contributed by atoms with Gasteiger partial charge in [0.25, 0.3) is 0 Å². The van der Waals surface area contributed by atoms with Gasteiger partial charge in [0.05, 0.1) is 12.8 Å². The molecule has 6 nitrogen and oxygen atoms in total. The van der Waals surface area contributed by atoms with E-state index in [-0.39, 0.29) is 0 Å². The number of benzene rings is 1. The summed E-state index contributed by atoms with van der Waals surface area (Å²) < 4.78 is 5.29. The minimum Gasteiger partial charge on any atom is -0.495 e. The molecule has 0 saturated carbocycles. The van der Waals surface area contributed by atoms with Gasteiger partial charge < -0.3 is 21.1 Å². The highest BCUT2D eigenvalue weighted by Gasteiger charge is 2.10. The third-order valence-corrected chi connectivity index (χ3v) is 3.08. The summed E-state index contributed by atoms with van der Waals surface area (Å²) in [5.41, 5.74) is 7.22. The molecule has 0 saturated heterocycles. The zero-order valence-electron chi connectivity index (χ0n) is 12.0. The number of ether oxygens (including phenoxy) is 1. The minimum absolute atomic E-state index is 0.452. The summed E-state index contributed by atoms with van der Waals surface area (Å²) in [4.78, 5) is 8.30. The molecule has 0 spiro atoms. The number of nitrogens with two attached hydrogens (primary N) is 1. The van der Waals surface area contributed by atoms with Crippen LogP contribution in [-0.2, 0) is 0 Å². The molecule has 1 aromatic heterocycles. The molecular formula is C14H18ClN5O. The third-order valence-electron chi connectivity index (χ3n) is 2.84. The number of nitrogen functional groups attached to an aromatic ring is 1. The number of rotatable bonds is 6. The number of aromatic nitrogens is 2. The zero-order valence-corrected chi connectivity index (χ0v) is 12.7. The number of nitrogens with zero attached hydrogens (tertiary/aromatic N) is 2. The summed E-state index contributed by atoms with van der Waals surface area (Å²) >= 11 is 6.01. The summed E-state index contributed by atoms with van der Waals surface area (Å²) in [5, 5.41) is 6.87. The first-order valence-electron chi connectivity index (χ1n) is 6.60. The van der Waals surface area contributed by atoms with Crippen LogP contribution in [0, 0.1) is 0 Å². The fourth-order valence-electron chi connectivity index (χ4n) is 1.78. The van der Waals surface area contributed by atoms with Crippen LogP contribution in [0.3, 0.4) is 0 Å². The van der Waals surface area contributed by atoms with Crippen molar-refractivity contribution < 1.29 is 4.74 Å². The Labute approximate surface area is 128 Å². The number of nitrogens with one attached hydrogen (secondary N) is 2. The molecule has 4 N–H and O–H groups in total. The second-order valence-electron chi connectivity index (χ2n) is 4.38. The number of hydrogen-bond donors (Lipinski definition) is 3. The van der Waals surface area contributed by atoms with Crippen molar-refractivity contribution in [2.24, 2.45) is 0 Å². The lowest BCUT2D eigenvalue weighted by molar-refractivity contribution is 0.417. The van der Waals surface area contributed by atoms with E-state index in [1.807, 2.05) is 0 Å². The maximum Gasteiger partial charge on any atom is 0.159 e. The van der Waals surface area contributed by atoms with Gasteiger partial charge in [0.15, 0.2) is 11.6 Å². The first-order chi connectivity index (χ1) is 10.2. The second kappa shape index (κ2) is 6.99. The van der Waals surface area contributed by atoms with Gasteiger partial charge in [0.2, 0.25) is 0 Å². The molecule has 0 radical (unpaired) electrons. The Kier molecular flexibility index (Phi) is 5.05. The fourth-order valence-corrected chi connectivity index (χ4v) is 1.96. The maximum absolute atomic E-state index is 6.08. The highest BCUT2D eigenvalue weighted by Crippen LogP contribution is 2.32. The molecule has 0 fully saturated rings. The quantitative estimate of drug-likeness (QED) is 0.759.